The van der Waals surface area contributed by atoms with E-state index in [-0.39, 0.29) is 28.6 Å². The minimum atomic E-state index is -0.746. The smallest absolute Gasteiger partial charge is 0.250 e. The maximum Gasteiger partial charge on any atom is 0.250 e. The molecule has 4 nitrogen and oxygen atoms in total. The average molecular weight is 615 g/mol. The van der Waals surface area contributed by atoms with Gasteiger partial charge in [-0.15, -0.1) is 0 Å². The van der Waals surface area contributed by atoms with Gasteiger partial charge in [0.15, 0.2) is 3.23 Å². The van der Waals surface area contributed by atoms with E-state index in [4.69, 9.17) is 0 Å². The summed E-state index contributed by atoms with van der Waals surface area (Å²) in [5, 5.41) is 0. The van der Waals surface area contributed by atoms with Crippen molar-refractivity contribution >= 4 is 49.8 Å². The number of halogens is 2. The standard InChI is InChI=1S/C29H45Br2NO3/c1-6-32(7-2)26(35)29(30,31)15-18(3)22-10-11-23-21-9-8-20-14-19(17-33)12-13-27(20,4)25(21)24(34)16-28(22,23)5/h17-23,25H,6-16H2,1-5H3/t18-,19-,20-,21+,22-,23+,25-,27+,28-/m1/s1. The summed E-state index contributed by atoms with van der Waals surface area (Å²) >= 11 is 7.48. The molecule has 4 saturated carbocycles. The summed E-state index contributed by atoms with van der Waals surface area (Å²) in [7, 11) is 0. The Morgan fingerprint density at radius 1 is 1.11 bits per heavy atom. The normalized spacial score (nSPS) is 42.0. The lowest BCUT2D eigenvalue weighted by Crippen LogP contribution is -2.57. The number of rotatable bonds is 7. The highest BCUT2D eigenvalue weighted by atomic mass is 79.9. The molecule has 0 aromatic heterocycles. The second kappa shape index (κ2) is 10.2. The first-order valence-corrected chi connectivity index (χ1v) is 15.7. The molecule has 0 spiro atoms. The third-order valence-corrected chi connectivity index (χ3v) is 12.6. The highest BCUT2D eigenvalue weighted by molar-refractivity contribution is 9.25. The number of alkyl halides is 2. The molecule has 35 heavy (non-hydrogen) atoms. The predicted molar refractivity (Wildman–Crippen MR) is 147 cm³/mol. The van der Waals surface area contributed by atoms with E-state index in [0.717, 1.165) is 44.8 Å². The van der Waals surface area contributed by atoms with Gasteiger partial charge in [0.1, 0.15) is 12.1 Å². The predicted octanol–water partition coefficient (Wildman–Crippen LogP) is 7.02. The number of Topliss-reactive ketones (excluding diaryl/α,β-unsaturated/α-hetero) is 1. The highest BCUT2D eigenvalue weighted by Gasteiger charge is 2.63. The van der Waals surface area contributed by atoms with Gasteiger partial charge < -0.3 is 9.69 Å². The Labute approximate surface area is 229 Å². The van der Waals surface area contributed by atoms with Crippen LogP contribution in [0.5, 0.6) is 0 Å². The molecule has 6 heteroatoms. The Hall–Kier alpha value is -0.230. The van der Waals surface area contributed by atoms with Crippen LogP contribution in [0, 0.1) is 52.3 Å². The number of nitrogens with zero attached hydrogens (tertiary/aromatic N) is 1. The first-order valence-electron chi connectivity index (χ1n) is 14.1. The van der Waals surface area contributed by atoms with Crippen LogP contribution in [0.25, 0.3) is 0 Å². The molecule has 0 unspecified atom stereocenters. The first kappa shape index (κ1) is 27.8. The summed E-state index contributed by atoms with van der Waals surface area (Å²) in [6.45, 7) is 12.5. The second-order valence-corrected chi connectivity index (χ2v) is 16.7. The van der Waals surface area contributed by atoms with E-state index >= 15 is 0 Å². The van der Waals surface area contributed by atoms with Gasteiger partial charge in [-0.3, -0.25) is 9.59 Å². The van der Waals surface area contributed by atoms with Gasteiger partial charge in [0.25, 0.3) is 0 Å². The molecule has 0 heterocycles. The van der Waals surface area contributed by atoms with E-state index in [1.165, 1.54) is 12.8 Å². The third kappa shape index (κ3) is 4.63. The van der Waals surface area contributed by atoms with Crippen molar-refractivity contribution < 1.29 is 14.4 Å². The third-order valence-electron chi connectivity index (χ3n) is 11.3. The van der Waals surface area contributed by atoms with Gasteiger partial charge in [0, 0.05) is 31.3 Å². The molecule has 4 aliphatic carbocycles. The minimum absolute atomic E-state index is 0.0230. The van der Waals surface area contributed by atoms with Crippen molar-refractivity contribution in [3.63, 3.8) is 0 Å². The number of carbonyl (C=O) groups is 3. The van der Waals surface area contributed by atoms with Gasteiger partial charge in [-0.1, -0.05) is 52.6 Å². The van der Waals surface area contributed by atoms with Crippen molar-refractivity contribution in [1.82, 2.24) is 4.90 Å². The van der Waals surface area contributed by atoms with Crippen LogP contribution in [-0.2, 0) is 14.4 Å². The zero-order valence-corrected chi connectivity index (χ0v) is 25.5. The van der Waals surface area contributed by atoms with E-state index in [0.29, 0.717) is 54.9 Å². The average Bonchev–Trinajstić information content (AvgIpc) is 3.15. The van der Waals surface area contributed by atoms with E-state index in [9.17, 15) is 14.4 Å². The maximum absolute atomic E-state index is 14.0. The molecule has 198 valence electrons. The van der Waals surface area contributed by atoms with Crippen molar-refractivity contribution in [2.45, 2.75) is 95.6 Å². The van der Waals surface area contributed by atoms with Crippen LogP contribution in [0.4, 0.5) is 0 Å². The van der Waals surface area contributed by atoms with Gasteiger partial charge in [-0.25, -0.2) is 0 Å². The molecule has 0 N–H and O–H groups in total. The summed E-state index contributed by atoms with van der Waals surface area (Å²) in [5.74, 6) is 3.36. The molecule has 0 saturated heterocycles. The van der Waals surface area contributed by atoms with Crippen LogP contribution < -0.4 is 0 Å². The van der Waals surface area contributed by atoms with Crippen LogP contribution in [0.1, 0.15) is 92.4 Å². The van der Waals surface area contributed by atoms with E-state index in [2.05, 4.69) is 52.6 Å². The van der Waals surface area contributed by atoms with Crippen LogP contribution >= 0.6 is 31.9 Å². The molecule has 0 aliphatic heterocycles. The molecule has 0 radical (unpaired) electrons. The fraction of sp³-hybridized carbons (Fsp3) is 0.897. The number of aldehydes is 1. The number of amides is 1. The number of carbonyl (C=O) groups excluding carboxylic acids is 3. The molecular formula is C29H45Br2NO3. The Morgan fingerprint density at radius 3 is 2.43 bits per heavy atom. The maximum atomic E-state index is 14.0. The highest BCUT2D eigenvalue weighted by Crippen LogP contribution is 2.68. The summed E-state index contributed by atoms with van der Waals surface area (Å²) in [5.41, 5.74) is 0.0940. The molecule has 4 rings (SSSR count). The SMILES string of the molecule is CCN(CC)C(=O)C(Br)(Br)C[C@@H](C)[C@H]1CC[C@H]2[C@@H]3CC[C@@H]4C[C@H](C=O)CC[C@]4(C)[C@H]3C(=O)C[C@]12C. The summed E-state index contributed by atoms with van der Waals surface area (Å²) < 4.78 is -0.746. The number of fused-ring (bicyclic) bond motifs is 5. The molecule has 0 aromatic carbocycles. The summed E-state index contributed by atoms with van der Waals surface area (Å²) in [6.07, 6.45) is 10.2. The van der Waals surface area contributed by atoms with Crippen molar-refractivity contribution in [1.29, 1.82) is 0 Å². The Kier molecular flexibility index (Phi) is 8.06. The number of hydrogen-bond donors (Lipinski definition) is 0. The van der Waals surface area contributed by atoms with Gasteiger partial charge in [-0.2, -0.15) is 0 Å². The molecule has 0 aromatic rings. The molecule has 1 amide bonds. The van der Waals surface area contributed by atoms with Gasteiger partial charge >= 0.3 is 0 Å². The Morgan fingerprint density at radius 2 is 1.80 bits per heavy atom. The monoisotopic (exact) mass is 613 g/mol. The summed E-state index contributed by atoms with van der Waals surface area (Å²) in [6, 6.07) is 0. The van der Waals surface area contributed by atoms with E-state index < -0.39 is 3.23 Å². The molecule has 4 fully saturated rings. The van der Waals surface area contributed by atoms with Crippen LogP contribution in [0.15, 0.2) is 0 Å². The quantitative estimate of drug-likeness (QED) is 0.229. The molecule has 9 atom stereocenters. The Balaban J connectivity index is 1.53. The van der Waals surface area contributed by atoms with E-state index in [1.807, 2.05) is 18.7 Å². The number of hydrogen-bond acceptors (Lipinski definition) is 3. The zero-order valence-electron chi connectivity index (χ0n) is 22.3. The fourth-order valence-corrected chi connectivity index (χ4v) is 11.1. The number of ketones is 1. The lowest BCUT2D eigenvalue weighted by atomic mass is 9.43. The molecule has 0 bridgehead atoms. The van der Waals surface area contributed by atoms with Crippen LogP contribution in [-0.4, -0.2) is 39.2 Å². The molecule has 4 aliphatic rings. The first-order chi connectivity index (χ1) is 16.4. The van der Waals surface area contributed by atoms with Crippen molar-refractivity contribution in [3.05, 3.63) is 0 Å². The van der Waals surface area contributed by atoms with Crippen LogP contribution in [0.2, 0.25) is 0 Å². The van der Waals surface area contributed by atoms with Gasteiger partial charge in [0.2, 0.25) is 5.91 Å². The second-order valence-electron chi connectivity index (χ2n) is 12.9. The van der Waals surface area contributed by atoms with E-state index in [1.54, 1.807) is 0 Å². The largest absolute Gasteiger partial charge is 0.341 e. The lowest BCUT2D eigenvalue weighted by Gasteiger charge is -2.60. The van der Waals surface area contributed by atoms with Gasteiger partial charge in [0.05, 0.1) is 0 Å². The van der Waals surface area contributed by atoms with Gasteiger partial charge in [-0.05, 0) is 106 Å². The topological polar surface area (TPSA) is 54.5 Å². The molecular weight excluding hydrogens is 570 g/mol. The zero-order chi connectivity index (χ0) is 25.8. The van der Waals surface area contributed by atoms with Crippen LogP contribution in [0.3, 0.4) is 0 Å². The lowest BCUT2D eigenvalue weighted by molar-refractivity contribution is -0.160. The Bertz CT molecular complexity index is 842. The van der Waals surface area contributed by atoms with Crippen molar-refractivity contribution in [2.24, 2.45) is 52.3 Å². The van der Waals surface area contributed by atoms with Crippen molar-refractivity contribution in [2.75, 3.05) is 13.1 Å². The minimum Gasteiger partial charge on any atom is -0.341 e. The van der Waals surface area contributed by atoms with Crippen molar-refractivity contribution in [3.8, 4) is 0 Å². The summed E-state index contributed by atoms with van der Waals surface area (Å²) in [4.78, 5) is 40.5. The fourth-order valence-electron chi connectivity index (χ4n) is 9.58.